The van der Waals surface area contributed by atoms with Gasteiger partial charge in [-0.2, -0.15) is 0 Å². The standard InChI is InChI=1S/C14H13Cl2NO3S/c1-20-9-10-2-5-12(6-3-10)21(18,19)17-11-4-7-13(15)14(16)8-11/h2-8,17H,9H2,1H3. The van der Waals surface area contributed by atoms with Gasteiger partial charge in [0.2, 0.25) is 0 Å². The van der Waals surface area contributed by atoms with Gasteiger partial charge in [-0.3, -0.25) is 4.72 Å². The van der Waals surface area contributed by atoms with Gasteiger partial charge < -0.3 is 4.74 Å². The maximum atomic E-state index is 12.2. The van der Waals surface area contributed by atoms with E-state index in [1.54, 1.807) is 25.3 Å². The van der Waals surface area contributed by atoms with Crippen LogP contribution in [0.1, 0.15) is 5.56 Å². The molecule has 0 heterocycles. The van der Waals surface area contributed by atoms with Gasteiger partial charge in [-0.15, -0.1) is 0 Å². The Morgan fingerprint density at radius 3 is 2.29 bits per heavy atom. The predicted molar refractivity (Wildman–Crippen MR) is 84.4 cm³/mol. The van der Waals surface area contributed by atoms with E-state index in [0.717, 1.165) is 5.56 Å². The second-order valence-electron chi connectivity index (χ2n) is 4.31. The lowest BCUT2D eigenvalue weighted by Gasteiger charge is -2.09. The van der Waals surface area contributed by atoms with Gasteiger partial charge in [-0.1, -0.05) is 35.3 Å². The van der Waals surface area contributed by atoms with Gasteiger partial charge in [0, 0.05) is 7.11 Å². The van der Waals surface area contributed by atoms with E-state index in [9.17, 15) is 8.42 Å². The number of rotatable bonds is 5. The van der Waals surface area contributed by atoms with E-state index in [1.807, 2.05) is 0 Å². The largest absolute Gasteiger partial charge is 0.380 e. The Labute approximate surface area is 133 Å². The molecule has 0 saturated carbocycles. The molecule has 0 radical (unpaired) electrons. The highest BCUT2D eigenvalue weighted by Crippen LogP contribution is 2.26. The number of benzene rings is 2. The van der Waals surface area contributed by atoms with Crippen LogP contribution in [-0.4, -0.2) is 15.5 Å². The van der Waals surface area contributed by atoms with E-state index in [1.165, 1.54) is 24.3 Å². The van der Waals surface area contributed by atoms with E-state index in [-0.39, 0.29) is 9.92 Å². The Balaban J connectivity index is 2.23. The molecule has 0 spiro atoms. The van der Waals surface area contributed by atoms with Crippen LogP contribution in [0.5, 0.6) is 0 Å². The minimum Gasteiger partial charge on any atom is -0.380 e. The zero-order valence-corrected chi connectivity index (χ0v) is 13.5. The molecule has 0 aliphatic heterocycles. The molecule has 0 bridgehead atoms. The summed E-state index contributed by atoms with van der Waals surface area (Å²) in [4.78, 5) is 0.161. The molecule has 0 aliphatic rings. The van der Waals surface area contributed by atoms with E-state index >= 15 is 0 Å². The van der Waals surface area contributed by atoms with Crippen molar-refractivity contribution in [2.24, 2.45) is 0 Å². The molecular formula is C14H13Cl2NO3S. The molecular weight excluding hydrogens is 333 g/mol. The first-order chi connectivity index (χ1) is 9.92. The summed E-state index contributed by atoms with van der Waals surface area (Å²) in [5.74, 6) is 0. The summed E-state index contributed by atoms with van der Waals surface area (Å²) in [7, 11) is -2.09. The van der Waals surface area contributed by atoms with Crippen molar-refractivity contribution in [1.82, 2.24) is 0 Å². The van der Waals surface area contributed by atoms with Crippen LogP contribution >= 0.6 is 23.2 Å². The first kappa shape index (κ1) is 16.1. The van der Waals surface area contributed by atoms with Gasteiger partial charge in [0.05, 0.1) is 27.2 Å². The van der Waals surface area contributed by atoms with Gasteiger partial charge in [0.25, 0.3) is 10.0 Å². The molecule has 4 nitrogen and oxygen atoms in total. The Bertz CT molecular complexity index is 730. The predicted octanol–water partition coefficient (Wildman–Crippen LogP) is 3.94. The number of ether oxygens (including phenoxy) is 1. The topological polar surface area (TPSA) is 55.4 Å². The van der Waals surface area contributed by atoms with Crippen LogP contribution in [0, 0.1) is 0 Å². The van der Waals surface area contributed by atoms with Crippen LogP contribution in [0.3, 0.4) is 0 Å². The Hall–Kier alpha value is -1.27. The Morgan fingerprint density at radius 1 is 1.05 bits per heavy atom. The van der Waals surface area contributed by atoms with E-state index in [0.29, 0.717) is 17.3 Å². The molecule has 7 heteroatoms. The summed E-state index contributed by atoms with van der Waals surface area (Å²) >= 11 is 11.7. The monoisotopic (exact) mass is 345 g/mol. The number of sulfonamides is 1. The molecule has 0 unspecified atom stereocenters. The average Bonchev–Trinajstić information content (AvgIpc) is 2.44. The highest BCUT2D eigenvalue weighted by Gasteiger charge is 2.14. The Morgan fingerprint density at radius 2 is 1.71 bits per heavy atom. The fraction of sp³-hybridized carbons (Fsp3) is 0.143. The fourth-order valence-corrected chi connectivity index (χ4v) is 3.05. The molecule has 21 heavy (non-hydrogen) atoms. The molecule has 0 aromatic heterocycles. The molecule has 112 valence electrons. The SMILES string of the molecule is COCc1ccc(S(=O)(=O)Nc2ccc(Cl)c(Cl)c2)cc1. The average molecular weight is 346 g/mol. The molecule has 1 N–H and O–H groups in total. The number of anilines is 1. The lowest BCUT2D eigenvalue weighted by atomic mass is 10.2. The fourth-order valence-electron chi connectivity index (χ4n) is 1.71. The van der Waals surface area contributed by atoms with Gasteiger partial charge >= 0.3 is 0 Å². The van der Waals surface area contributed by atoms with Crippen molar-refractivity contribution in [3.63, 3.8) is 0 Å². The zero-order chi connectivity index (χ0) is 15.5. The number of hydrogen-bond donors (Lipinski definition) is 1. The van der Waals surface area contributed by atoms with Gasteiger partial charge in [0.15, 0.2) is 0 Å². The minimum atomic E-state index is -3.67. The van der Waals surface area contributed by atoms with E-state index in [2.05, 4.69) is 4.72 Å². The van der Waals surface area contributed by atoms with Crippen molar-refractivity contribution in [2.75, 3.05) is 11.8 Å². The zero-order valence-electron chi connectivity index (χ0n) is 11.1. The quantitative estimate of drug-likeness (QED) is 0.892. The summed E-state index contributed by atoms with van der Waals surface area (Å²) in [5.41, 5.74) is 1.25. The van der Waals surface area contributed by atoms with E-state index in [4.69, 9.17) is 27.9 Å². The molecule has 2 aromatic carbocycles. The molecule has 0 aliphatic carbocycles. The molecule has 0 saturated heterocycles. The van der Waals surface area contributed by atoms with Crippen molar-refractivity contribution in [2.45, 2.75) is 11.5 Å². The number of halogens is 2. The maximum absolute atomic E-state index is 12.2. The number of methoxy groups -OCH3 is 1. The maximum Gasteiger partial charge on any atom is 0.261 e. The summed E-state index contributed by atoms with van der Waals surface area (Å²) in [6.45, 7) is 0.431. The molecule has 2 rings (SSSR count). The minimum absolute atomic E-state index is 0.161. The van der Waals surface area contributed by atoms with Crippen molar-refractivity contribution >= 4 is 38.9 Å². The van der Waals surface area contributed by atoms with Crippen LogP contribution in [0.2, 0.25) is 10.0 Å². The van der Waals surface area contributed by atoms with Gasteiger partial charge in [-0.05, 0) is 35.9 Å². The second kappa shape index (κ2) is 6.66. The third kappa shape index (κ3) is 4.11. The van der Waals surface area contributed by atoms with Gasteiger partial charge in [-0.25, -0.2) is 8.42 Å². The van der Waals surface area contributed by atoms with Crippen LogP contribution in [0.4, 0.5) is 5.69 Å². The lowest BCUT2D eigenvalue weighted by molar-refractivity contribution is 0.185. The van der Waals surface area contributed by atoms with Crippen molar-refractivity contribution < 1.29 is 13.2 Å². The van der Waals surface area contributed by atoms with Crippen molar-refractivity contribution in [1.29, 1.82) is 0 Å². The summed E-state index contributed by atoms with van der Waals surface area (Å²) in [5, 5.41) is 0.649. The Kier molecular flexibility index (Phi) is 5.11. The normalized spacial score (nSPS) is 11.4. The van der Waals surface area contributed by atoms with Gasteiger partial charge in [0.1, 0.15) is 0 Å². The number of nitrogens with one attached hydrogen (secondary N) is 1. The highest BCUT2D eigenvalue weighted by molar-refractivity contribution is 7.92. The molecule has 0 fully saturated rings. The molecule has 0 atom stereocenters. The number of hydrogen-bond acceptors (Lipinski definition) is 3. The summed E-state index contributed by atoms with van der Waals surface area (Å²) in [6, 6.07) is 11.0. The molecule has 0 amide bonds. The van der Waals surface area contributed by atoms with E-state index < -0.39 is 10.0 Å². The first-order valence-electron chi connectivity index (χ1n) is 5.98. The van der Waals surface area contributed by atoms with Crippen LogP contribution < -0.4 is 4.72 Å². The smallest absolute Gasteiger partial charge is 0.261 e. The van der Waals surface area contributed by atoms with Crippen LogP contribution in [0.25, 0.3) is 0 Å². The molecule has 2 aromatic rings. The van der Waals surface area contributed by atoms with Crippen molar-refractivity contribution in [3.05, 3.63) is 58.1 Å². The lowest BCUT2D eigenvalue weighted by Crippen LogP contribution is -2.12. The second-order valence-corrected chi connectivity index (χ2v) is 6.81. The first-order valence-corrected chi connectivity index (χ1v) is 8.22. The van der Waals surface area contributed by atoms with Crippen LogP contribution in [0.15, 0.2) is 47.4 Å². The third-order valence-electron chi connectivity index (χ3n) is 2.72. The van der Waals surface area contributed by atoms with Crippen LogP contribution in [-0.2, 0) is 21.4 Å². The summed E-state index contributed by atoms with van der Waals surface area (Å²) in [6.07, 6.45) is 0. The highest BCUT2D eigenvalue weighted by atomic mass is 35.5. The summed E-state index contributed by atoms with van der Waals surface area (Å²) < 4.78 is 31.9. The van der Waals surface area contributed by atoms with Crippen molar-refractivity contribution in [3.8, 4) is 0 Å². The third-order valence-corrected chi connectivity index (χ3v) is 4.85.